The molecule has 2 N–H and O–H groups in total. The molecule has 0 saturated carbocycles. The van der Waals surface area contributed by atoms with Gasteiger partial charge in [-0.1, -0.05) is 26.0 Å². The number of rotatable bonds is 10. The van der Waals surface area contributed by atoms with E-state index in [2.05, 4.69) is 24.5 Å². The maximum absolute atomic E-state index is 13.3. The molecule has 0 radical (unpaired) electrons. The lowest BCUT2D eigenvalue weighted by molar-refractivity contribution is -0.118. The lowest BCUT2D eigenvalue weighted by Crippen LogP contribution is -2.37. The van der Waals surface area contributed by atoms with Crippen LogP contribution in [0, 0.1) is 5.92 Å². The number of ether oxygens (including phenoxy) is 2. The van der Waals surface area contributed by atoms with E-state index in [0.717, 1.165) is 17.7 Å². The molecule has 1 atom stereocenters. The molecule has 0 fully saturated rings. The Bertz CT molecular complexity index is 1100. The van der Waals surface area contributed by atoms with Gasteiger partial charge >= 0.3 is 0 Å². The van der Waals surface area contributed by atoms with Crippen LogP contribution in [0.15, 0.2) is 77.0 Å². The van der Waals surface area contributed by atoms with Gasteiger partial charge in [0, 0.05) is 11.6 Å². The molecule has 7 heteroatoms. The van der Waals surface area contributed by atoms with Crippen LogP contribution >= 0.6 is 0 Å². The number of carbonyl (C=O) groups is 2. The molecule has 1 aromatic heterocycles. The van der Waals surface area contributed by atoms with E-state index in [1.54, 1.807) is 50.6 Å². The van der Waals surface area contributed by atoms with Crippen molar-refractivity contribution in [3.05, 3.63) is 89.5 Å². The number of methoxy groups -OCH3 is 2. The van der Waals surface area contributed by atoms with Gasteiger partial charge in [0.25, 0.3) is 11.8 Å². The molecule has 0 spiro atoms. The van der Waals surface area contributed by atoms with Crippen LogP contribution in [-0.4, -0.2) is 26.0 Å². The highest BCUT2D eigenvalue weighted by molar-refractivity contribution is 6.05. The molecule has 2 amide bonds. The van der Waals surface area contributed by atoms with Gasteiger partial charge in [-0.15, -0.1) is 0 Å². The third-order valence-corrected chi connectivity index (χ3v) is 5.21. The summed E-state index contributed by atoms with van der Waals surface area (Å²) < 4.78 is 15.8. The summed E-state index contributed by atoms with van der Waals surface area (Å²) >= 11 is 0. The van der Waals surface area contributed by atoms with E-state index in [9.17, 15) is 9.59 Å². The number of benzene rings is 2. The van der Waals surface area contributed by atoms with Crippen LogP contribution < -0.4 is 20.1 Å². The van der Waals surface area contributed by atoms with Crippen molar-refractivity contribution in [2.75, 3.05) is 14.2 Å². The normalized spacial score (nSPS) is 12.2. The van der Waals surface area contributed by atoms with Gasteiger partial charge in [0.15, 0.2) is 0 Å². The summed E-state index contributed by atoms with van der Waals surface area (Å²) in [7, 11) is 3.17. The Hall–Kier alpha value is -4.00. The average molecular weight is 463 g/mol. The molecule has 0 aliphatic heterocycles. The van der Waals surface area contributed by atoms with Crippen LogP contribution in [0.25, 0.3) is 6.08 Å². The van der Waals surface area contributed by atoms with Crippen molar-refractivity contribution in [3.8, 4) is 11.5 Å². The topological polar surface area (TPSA) is 89.8 Å². The standard InChI is InChI=1S/C27H30N2O5/c1-18(2)16-24(19-7-11-21(32-3)12-8-19)28-27(31)25(17-23-6-5-15-34-23)29-26(30)20-9-13-22(33-4)14-10-20/h5-15,17-18,24H,16H2,1-4H3,(H,28,31)(H,29,30)/b25-17-/t24-/m1/s1. The Balaban J connectivity index is 1.84. The predicted molar refractivity (Wildman–Crippen MR) is 130 cm³/mol. The SMILES string of the molecule is COc1ccc(C(=O)N/C(=C\c2ccco2)C(=O)N[C@H](CC(C)C)c2ccc(OC)cc2)cc1. The minimum absolute atomic E-state index is 0.0815. The summed E-state index contributed by atoms with van der Waals surface area (Å²) in [4.78, 5) is 26.2. The maximum atomic E-state index is 13.3. The molecule has 7 nitrogen and oxygen atoms in total. The number of furan rings is 1. The largest absolute Gasteiger partial charge is 0.497 e. The lowest BCUT2D eigenvalue weighted by atomic mass is 9.96. The van der Waals surface area contributed by atoms with Gasteiger partial charge < -0.3 is 24.5 Å². The Kier molecular flexibility index (Phi) is 8.51. The van der Waals surface area contributed by atoms with Crippen molar-refractivity contribution in [1.29, 1.82) is 0 Å². The molecule has 1 heterocycles. The highest BCUT2D eigenvalue weighted by atomic mass is 16.5. The lowest BCUT2D eigenvalue weighted by Gasteiger charge is -2.22. The maximum Gasteiger partial charge on any atom is 0.268 e. The number of amides is 2. The predicted octanol–water partition coefficient (Wildman–Crippen LogP) is 4.97. The minimum atomic E-state index is -0.417. The summed E-state index contributed by atoms with van der Waals surface area (Å²) in [5.74, 6) is 1.32. The number of nitrogens with one attached hydrogen (secondary N) is 2. The van der Waals surface area contributed by atoms with Crippen molar-refractivity contribution >= 4 is 17.9 Å². The third kappa shape index (κ3) is 6.75. The van der Waals surface area contributed by atoms with Crippen LogP contribution in [-0.2, 0) is 4.79 Å². The number of hydrogen-bond donors (Lipinski definition) is 2. The van der Waals surface area contributed by atoms with Crippen LogP contribution in [0.2, 0.25) is 0 Å². The summed E-state index contributed by atoms with van der Waals surface area (Å²) in [6, 6.07) is 17.4. The molecule has 0 bridgehead atoms. The Morgan fingerprint density at radius 3 is 2.09 bits per heavy atom. The molecule has 0 unspecified atom stereocenters. The van der Waals surface area contributed by atoms with Gasteiger partial charge in [0.05, 0.1) is 26.5 Å². The van der Waals surface area contributed by atoms with Crippen molar-refractivity contribution in [2.45, 2.75) is 26.3 Å². The smallest absolute Gasteiger partial charge is 0.268 e. The molecule has 2 aromatic carbocycles. The second kappa shape index (κ2) is 11.7. The van der Waals surface area contributed by atoms with Gasteiger partial charge in [0.2, 0.25) is 0 Å². The van der Waals surface area contributed by atoms with E-state index in [-0.39, 0.29) is 11.7 Å². The minimum Gasteiger partial charge on any atom is -0.497 e. The van der Waals surface area contributed by atoms with E-state index in [1.807, 2.05) is 24.3 Å². The molecular formula is C27H30N2O5. The van der Waals surface area contributed by atoms with E-state index in [1.165, 1.54) is 12.3 Å². The first-order valence-corrected chi connectivity index (χ1v) is 11.0. The molecule has 34 heavy (non-hydrogen) atoms. The van der Waals surface area contributed by atoms with Crippen LogP contribution in [0.5, 0.6) is 11.5 Å². The highest BCUT2D eigenvalue weighted by Crippen LogP contribution is 2.24. The molecular weight excluding hydrogens is 432 g/mol. The molecule has 0 aliphatic rings. The second-order valence-electron chi connectivity index (χ2n) is 8.18. The molecule has 178 valence electrons. The van der Waals surface area contributed by atoms with Crippen molar-refractivity contribution in [3.63, 3.8) is 0 Å². The van der Waals surface area contributed by atoms with Crippen molar-refractivity contribution in [1.82, 2.24) is 10.6 Å². The van der Waals surface area contributed by atoms with Gasteiger partial charge in [-0.05, 0) is 66.4 Å². The van der Waals surface area contributed by atoms with E-state index in [4.69, 9.17) is 13.9 Å². The van der Waals surface area contributed by atoms with Gasteiger partial charge in [0.1, 0.15) is 23.0 Å². The Morgan fingerprint density at radius 2 is 1.56 bits per heavy atom. The third-order valence-electron chi connectivity index (χ3n) is 5.21. The second-order valence-corrected chi connectivity index (χ2v) is 8.18. The van der Waals surface area contributed by atoms with Gasteiger partial charge in [-0.3, -0.25) is 9.59 Å². The number of hydrogen-bond acceptors (Lipinski definition) is 5. The summed E-state index contributed by atoms with van der Waals surface area (Å²) in [5, 5.41) is 5.79. The van der Waals surface area contributed by atoms with Crippen molar-refractivity contribution in [2.24, 2.45) is 5.92 Å². The fourth-order valence-corrected chi connectivity index (χ4v) is 3.43. The summed E-state index contributed by atoms with van der Waals surface area (Å²) in [6.45, 7) is 4.18. The van der Waals surface area contributed by atoms with Crippen LogP contribution in [0.3, 0.4) is 0 Å². The highest BCUT2D eigenvalue weighted by Gasteiger charge is 2.21. The van der Waals surface area contributed by atoms with Gasteiger partial charge in [-0.25, -0.2) is 0 Å². The van der Waals surface area contributed by atoms with E-state index in [0.29, 0.717) is 23.0 Å². The number of carbonyl (C=O) groups excluding carboxylic acids is 2. The van der Waals surface area contributed by atoms with E-state index >= 15 is 0 Å². The average Bonchev–Trinajstić information content (AvgIpc) is 3.36. The quantitative estimate of drug-likeness (QED) is 0.415. The zero-order valence-electron chi connectivity index (χ0n) is 19.8. The van der Waals surface area contributed by atoms with Crippen LogP contribution in [0.1, 0.15) is 48.0 Å². The zero-order valence-corrected chi connectivity index (χ0v) is 19.8. The monoisotopic (exact) mass is 462 g/mol. The first kappa shape index (κ1) is 24.6. The van der Waals surface area contributed by atoms with E-state index < -0.39 is 11.8 Å². The first-order chi connectivity index (χ1) is 16.4. The van der Waals surface area contributed by atoms with Crippen molar-refractivity contribution < 1.29 is 23.5 Å². The molecule has 3 rings (SSSR count). The van der Waals surface area contributed by atoms with Gasteiger partial charge in [-0.2, -0.15) is 0 Å². The summed E-state index contributed by atoms with van der Waals surface area (Å²) in [6.07, 6.45) is 3.74. The molecule has 0 saturated heterocycles. The molecule has 3 aromatic rings. The fourth-order valence-electron chi connectivity index (χ4n) is 3.43. The first-order valence-electron chi connectivity index (χ1n) is 11.0. The summed E-state index contributed by atoms with van der Waals surface area (Å²) in [5.41, 5.74) is 1.42. The van der Waals surface area contributed by atoms with Crippen LogP contribution in [0.4, 0.5) is 0 Å². The zero-order chi connectivity index (χ0) is 24.5. The fraction of sp³-hybridized carbons (Fsp3) is 0.259. The molecule has 0 aliphatic carbocycles. The Morgan fingerprint density at radius 1 is 0.941 bits per heavy atom. The Labute approximate surface area is 199 Å².